The molecular formula is C12H19N3O2. The number of nitrogens with zero attached hydrogens (tertiary/aromatic N) is 2. The molecule has 5 nitrogen and oxygen atoms in total. The molecule has 1 aromatic heterocycles. The van der Waals surface area contributed by atoms with Crippen LogP contribution >= 0.6 is 0 Å². The average molecular weight is 237 g/mol. The molecule has 0 saturated carbocycles. The smallest absolute Gasteiger partial charge is 0.267 e. The Morgan fingerprint density at radius 3 is 3.00 bits per heavy atom. The van der Waals surface area contributed by atoms with Crippen molar-refractivity contribution in [3.63, 3.8) is 0 Å². The Kier molecular flexibility index (Phi) is 4.28. The molecule has 17 heavy (non-hydrogen) atoms. The number of hydrogen-bond acceptors (Lipinski definition) is 4. The Bertz CT molecular complexity index is 410. The highest BCUT2D eigenvalue weighted by Gasteiger charge is 2.12. The fraction of sp³-hybridized carbons (Fsp3) is 0.667. The van der Waals surface area contributed by atoms with Crippen LogP contribution in [0.2, 0.25) is 0 Å². The molecule has 2 heterocycles. The molecule has 0 spiro atoms. The third-order valence-corrected chi connectivity index (χ3v) is 2.98. The minimum atomic E-state index is -0.0289. The molecule has 1 N–H and O–H groups in total. The lowest BCUT2D eigenvalue weighted by Gasteiger charge is -2.23. The van der Waals surface area contributed by atoms with Gasteiger partial charge in [0.25, 0.3) is 5.56 Å². The van der Waals surface area contributed by atoms with Crippen molar-refractivity contribution in [1.29, 1.82) is 0 Å². The van der Waals surface area contributed by atoms with E-state index >= 15 is 0 Å². The van der Waals surface area contributed by atoms with E-state index < -0.39 is 0 Å². The third-order valence-electron chi connectivity index (χ3n) is 2.98. The van der Waals surface area contributed by atoms with Gasteiger partial charge in [0.05, 0.1) is 12.7 Å². The highest BCUT2D eigenvalue weighted by molar-refractivity contribution is 5.02. The molecule has 2 rings (SSSR count). The van der Waals surface area contributed by atoms with E-state index in [9.17, 15) is 4.79 Å². The lowest BCUT2D eigenvalue weighted by Crippen LogP contribution is -2.38. The summed E-state index contributed by atoms with van der Waals surface area (Å²) in [6.45, 7) is 4.94. The van der Waals surface area contributed by atoms with Crippen LogP contribution < -0.4 is 10.9 Å². The van der Waals surface area contributed by atoms with E-state index in [0.717, 1.165) is 38.2 Å². The van der Waals surface area contributed by atoms with Crippen molar-refractivity contribution in [2.75, 3.05) is 19.8 Å². The van der Waals surface area contributed by atoms with Crippen LogP contribution in [0.3, 0.4) is 0 Å². The van der Waals surface area contributed by atoms with Gasteiger partial charge in [0.2, 0.25) is 0 Å². The fourth-order valence-corrected chi connectivity index (χ4v) is 1.97. The van der Waals surface area contributed by atoms with Crippen molar-refractivity contribution >= 4 is 0 Å². The van der Waals surface area contributed by atoms with Crippen molar-refractivity contribution in [3.05, 3.63) is 28.2 Å². The summed E-state index contributed by atoms with van der Waals surface area (Å²) in [5, 5.41) is 7.53. The zero-order valence-corrected chi connectivity index (χ0v) is 10.2. The van der Waals surface area contributed by atoms with Crippen molar-refractivity contribution in [2.45, 2.75) is 32.4 Å². The summed E-state index contributed by atoms with van der Waals surface area (Å²) in [7, 11) is 0. The Hall–Kier alpha value is -1.20. The molecule has 1 saturated heterocycles. The number of aromatic nitrogens is 2. The Morgan fingerprint density at radius 1 is 1.53 bits per heavy atom. The first-order valence-electron chi connectivity index (χ1n) is 6.10. The van der Waals surface area contributed by atoms with Crippen LogP contribution in [0.15, 0.2) is 17.1 Å². The van der Waals surface area contributed by atoms with E-state index in [2.05, 4.69) is 10.4 Å². The standard InChI is InChI=1S/C12H19N3O2/c1-10-8-12(16)15(14-9-10)5-4-13-11-2-6-17-7-3-11/h8-9,11,13H,2-7H2,1H3. The van der Waals surface area contributed by atoms with Crippen molar-refractivity contribution in [2.24, 2.45) is 0 Å². The first-order valence-corrected chi connectivity index (χ1v) is 6.10. The molecule has 0 amide bonds. The van der Waals surface area contributed by atoms with Crippen molar-refractivity contribution in [1.82, 2.24) is 15.1 Å². The number of nitrogens with one attached hydrogen (secondary N) is 1. The van der Waals surface area contributed by atoms with E-state index in [-0.39, 0.29) is 5.56 Å². The van der Waals surface area contributed by atoms with E-state index in [1.807, 2.05) is 6.92 Å². The number of rotatable bonds is 4. The maximum absolute atomic E-state index is 11.6. The maximum atomic E-state index is 11.6. The van der Waals surface area contributed by atoms with Crippen molar-refractivity contribution < 1.29 is 4.74 Å². The number of hydrogen-bond donors (Lipinski definition) is 1. The summed E-state index contributed by atoms with van der Waals surface area (Å²) in [6, 6.07) is 2.13. The molecule has 0 atom stereocenters. The molecule has 0 radical (unpaired) electrons. The van der Waals surface area contributed by atoms with Gasteiger partial charge in [-0.3, -0.25) is 4.79 Å². The van der Waals surface area contributed by atoms with Gasteiger partial charge in [-0.15, -0.1) is 0 Å². The van der Waals surface area contributed by atoms with Gasteiger partial charge in [-0.1, -0.05) is 0 Å². The van der Waals surface area contributed by atoms with Gasteiger partial charge in [0, 0.05) is 31.9 Å². The van der Waals surface area contributed by atoms with Crippen molar-refractivity contribution in [3.8, 4) is 0 Å². The lowest BCUT2D eigenvalue weighted by atomic mass is 10.1. The molecule has 5 heteroatoms. The van der Waals surface area contributed by atoms with E-state index in [1.54, 1.807) is 12.3 Å². The third kappa shape index (κ3) is 3.64. The maximum Gasteiger partial charge on any atom is 0.267 e. The normalized spacial score (nSPS) is 17.2. The molecular weight excluding hydrogens is 218 g/mol. The minimum absolute atomic E-state index is 0.0289. The SMILES string of the molecule is Cc1cnn(CCNC2CCOCC2)c(=O)c1. The van der Waals surface area contributed by atoms with Gasteiger partial charge in [-0.2, -0.15) is 5.10 Å². The first kappa shape index (κ1) is 12.3. The number of ether oxygens (including phenoxy) is 1. The van der Waals surface area contributed by atoms with Gasteiger partial charge in [-0.05, 0) is 25.3 Å². The predicted molar refractivity (Wildman–Crippen MR) is 65.1 cm³/mol. The van der Waals surface area contributed by atoms with Gasteiger partial charge in [0.1, 0.15) is 0 Å². The molecule has 0 aromatic carbocycles. The molecule has 1 aromatic rings. The summed E-state index contributed by atoms with van der Waals surface area (Å²) in [6.07, 6.45) is 3.82. The van der Waals surface area contributed by atoms with Crippen LogP contribution in [-0.4, -0.2) is 35.6 Å². The summed E-state index contributed by atoms with van der Waals surface area (Å²) in [4.78, 5) is 11.6. The van der Waals surface area contributed by atoms with E-state index in [0.29, 0.717) is 12.6 Å². The van der Waals surface area contributed by atoms with E-state index in [1.165, 1.54) is 4.68 Å². The highest BCUT2D eigenvalue weighted by atomic mass is 16.5. The van der Waals surface area contributed by atoms with Gasteiger partial charge >= 0.3 is 0 Å². The molecule has 1 aliphatic rings. The fourth-order valence-electron chi connectivity index (χ4n) is 1.97. The molecule has 1 aliphatic heterocycles. The molecule has 0 bridgehead atoms. The molecule has 0 unspecified atom stereocenters. The van der Waals surface area contributed by atoms with Crippen LogP contribution in [0, 0.1) is 6.92 Å². The zero-order chi connectivity index (χ0) is 12.1. The monoisotopic (exact) mass is 237 g/mol. The highest BCUT2D eigenvalue weighted by Crippen LogP contribution is 2.05. The summed E-state index contributed by atoms with van der Waals surface area (Å²) < 4.78 is 6.79. The largest absolute Gasteiger partial charge is 0.381 e. The second-order valence-electron chi connectivity index (χ2n) is 4.44. The van der Waals surface area contributed by atoms with E-state index in [4.69, 9.17) is 4.74 Å². The van der Waals surface area contributed by atoms with Gasteiger partial charge in [0.15, 0.2) is 0 Å². The lowest BCUT2D eigenvalue weighted by molar-refractivity contribution is 0.0778. The van der Waals surface area contributed by atoms with Gasteiger partial charge < -0.3 is 10.1 Å². The second-order valence-corrected chi connectivity index (χ2v) is 4.44. The Balaban J connectivity index is 1.79. The molecule has 0 aliphatic carbocycles. The second kappa shape index (κ2) is 5.93. The van der Waals surface area contributed by atoms with Crippen LogP contribution in [0.1, 0.15) is 18.4 Å². The van der Waals surface area contributed by atoms with Crippen LogP contribution in [0.5, 0.6) is 0 Å². The topological polar surface area (TPSA) is 56.1 Å². The van der Waals surface area contributed by atoms with Crippen LogP contribution in [0.4, 0.5) is 0 Å². The minimum Gasteiger partial charge on any atom is -0.381 e. The summed E-state index contributed by atoms with van der Waals surface area (Å²) in [5.41, 5.74) is 0.877. The first-order chi connectivity index (χ1) is 8.25. The number of aryl methyl sites for hydroxylation is 1. The Labute approximate surface area is 101 Å². The molecule has 1 fully saturated rings. The summed E-state index contributed by atoms with van der Waals surface area (Å²) in [5.74, 6) is 0. The quantitative estimate of drug-likeness (QED) is 0.819. The van der Waals surface area contributed by atoms with Crippen LogP contribution in [0.25, 0.3) is 0 Å². The molecule has 94 valence electrons. The average Bonchev–Trinajstić information content (AvgIpc) is 2.33. The zero-order valence-electron chi connectivity index (χ0n) is 10.2. The van der Waals surface area contributed by atoms with Crippen LogP contribution in [-0.2, 0) is 11.3 Å². The summed E-state index contributed by atoms with van der Waals surface area (Å²) >= 11 is 0. The predicted octanol–water partition coefficient (Wildman–Crippen LogP) is 0.320. The van der Waals surface area contributed by atoms with Gasteiger partial charge in [-0.25, -0.2) is 4.68 Å². The Morgan fingerprint density at radius 2 is 2.29 bits per heavy atom.